The van der Waals surface area contributed by atoms with Crippen LogP contribution in [0.2, 0.25) is 0 Å². The number of para-hydroxylation sites is 1. The van der Waals surface area contributed by atoms with Crippen molar-refractivity contribution in [2.75, 3.05) is 5.73 Å². The maximum atomic E-state index is 12.4. The van der Waals surface area contributed by atoms with E-state index in [9.17, 15) is 4.79 Å². The lowest BCUT2D eigenvalue weighted by Gasteiger charge is -2.14. The Bertz CT molecular complexity index is 608. The smallest absolute Gasteiger partial charge is 0.294 e. The Balaban J connectivity index is 2.65. The van der Waals surface area contributed by atoms with Gasteiger partial charge in [0.15, 0.2) is 0 Å². The number of anilines is 1. The summed E-state index contributed by atoms with van der Waals surface area (Å²) < 4.78 is 3.65. The van der Waals surface area contributed by atoms with Crippen molar-refractivity contribution in [2.24, 2.45) is 5.92 Å². The molecule has 2 rings (SSSR count). The van der Waals surface area contributed by atoms with Crippen molar-refractivity contribution in [3.8, 4) is 5.69 Å². The van der Waals surface area contributed by atoms with Gasteiger partial charge in [0.05, 0.1) is 11.4 Å². The molecule has 0 spiro atoms. The first-order valence-electron chi connectivity index (χ1n) is 6.71. The number of hydrogen-bond acceptors (Lipinski definition) is 2. The van der Waals surface area contributed by atoms with Crippen LogP contribution in [0.25, 0.3) is 5.69 Å². The summed E-state index contributed by atoms with van der Waals surface area (Å²) in [5, 5.41) is 0. The van der Waals surface area contributed by atoms with E-state index in [1.54, 1.807) is 4.68 Å². The molecule has 19 heavy (non-hydrogen) atoms. The molecule has 0 aliphatic carbocycles. The summed E-state index contributed by atoms with van der Waals surface area (Å²) in [5.41, 5.74) is 8.06. The first-order valence-corrected chi connectivity index (χ1v) is 6.71. The third kappa shape index (κ3) is 2.43. The molecule has 0 saturated heterocycles. The van der Waals surface area contributed by atoms with E-state index in [2.05, 4.69) is 13.8 Å². The van der Waals surface area contributed by atoms with Gasteiger partial charge in [0.2, 0.25) is 0 Å². The summed E-state index contributed by atoms with van der Waals surface area (Å²) in [6, 6.07) is 9.63. The number of hydrogen-bond donors (Lipinski definition) is 1. The fourth-order valence-corrected chi connectivity index (χ4v) is 2.37. The van der Waals surface area contributed by atoms with Gasteiger partial charge >= 0.3 is 0 Å². The molecule has 1 heterocycles. The summed E-state index contributed by atoms with van der Waals surface area (Å²) in [6.07, 6.45) is 0.814. The molecule has 0 radical (unpaired) electrons. The molecule has 1 aromatic heterocycles. The van der Waals surface area contributed by atoms with Crippen molar-refractivity contribution >= 4 is 5.69 Å². The molecule has 102 valence electrons. The Morgan fingerprint density at radius 2 is 1.84 bits per heavy atom. The molecule has 0 aliphatic rings. The number of nitrogens with zero attached hydrogens (tertiary/aromatic N) is 2. The molecule has 1 aromatic carbocycles. The average molecular weight is 259 g/mol. The van der Waals surface area contributed by atoms with Gasteiger partial charge < -0.3 is 5.73 Å². The molecule has 0 bridgehead atoms. The van der Waals surface area contributed by atoms with Crippen LogP contribution in [-0.2, 0) is 13.0 Å². The fourth-order valence-electron chi connectivity index (χ4n) is 2.37. The Hall–Kier alpha value is -1.97. The van der Waals surface area contributed by atoms with Gasteiger partial charge in [-0.1, -0.05) is 32.0 Å². The van der Waals surface area contributed by atoms with Crippen LogP contribution < -0.4 is 11.3 Å². The number of rotatable bonds is 4. The number of aromatic nitrogens is 2. The largest absolute Gasteiger partial charge is 0.393 e. The van der Waals surface area contributed by atoms with Gasteiger partial charge in [0.1, 0.15) is 5.69 Å². The zero-order chi connectivity index (χ0) is 14.0. The van der Waals surface area contributed by atoms with Crippen molar-refractivity contribution in [3.05, 3.63) is 46.4 Å². The molecule has 0 amide bonds. The van der Waals surface area contributed by atoms with Gasteiger partial charge in [0.25, 0.3) is 5.56 Å². The molecular formula is C15H21N3O. The van der Waals surface area contributed by atoms with Crippen LogP contribution in [0.1, 0.15) is 26.5 Å². The molecule has 4 nitrogen and oxygen atoms in total. The minimum Gasteiger partial charge on any atom is -0.393 e. The van der Waals surface area contributed by atoms with Crippen molar-refractivity contribution in [1.82, 2.24) is 9.36 Å². The fraction of sp³-hybridized carbons (Fsp3) is 0.400. The van der Waals surface area contributed by atoms with Crippen LogP contribution in [0.15, 0.2) is 35.1 Å². The highest BCUT2D eigenvalue weighted by atomic mass is 16.1. The third-order valence-corrected chi connectivity index (χ3v) is 3.19. The maximum Gasteiger partial charge on any atom is 0.294 e. The summed E-state index contributed by atoms with van der Waals surface area (Å²) >= 11 is 0. The zero-order valence-electron chi connectivity index (χ0n) is 11.8. The van der Waals surface area contributed by atoms with Crippen LogP contribution >= 0.6 is 0 Å². The Morgan fingerprint density at radius 1 is 1.21 bits per heavy atom. The van der Waals surface area contributed by atoms with Crippen molar-refractivity contribution < 1.29 is 0 Å². The highest BCUT2D eigenvalue weighted by Gasteiger charge is 2.18. The van der Waals surface area contributed by atoms with Crippen molar-refractivity contribution in [1.29, 1.82) is 0 Å². The summed E-state index contributed by atoms with van der Waals surface area (Å²) in [4.78, 5) is 12.4. The van der Waals surface area contributed by atoms with Crippen molar-refractivity contribution in [2.45, 2.75) is 33.7 Å². The van der Waals surface area contributed by atoms with E-state index in [1.807, 2.05) is 41.9 Å². The second-order valence-electron chi connectivity index (χ2n) is 5.13. The highest BCUT2D eigenvalue weighted by Crippen LogP contribution is 2.17. The lowest BCUT2D eigenvalue weighted by molar-refractivity contribution is 0.519. The van der Waals surface area contributed by atoms with Crippen LogP contribution in [0.3, 0.4) is 0 Å². The molecule has 0 fully saturated rings. The van der Waals surface area contributed by atoms with Crippen LogP contribution in [0.5, 0.6) is 0 Å². The van der Waals surface area contributed by atoms with Gasteiger partial charge in [-0.05, 0) is 31.4 Å². The molecule has 0 unspecified atom stereocenters. The molecule has 2 aromatic rings. The summed E-state index contributed by atoms with van der Waals surface area (Å²) in [7, 11) is 0. The Kier molecular flexibility index (Phi) is 3.79. The molecular weight excluding hydrogens is 238 g/mol. The monoisotopic (exact) mass is 259 g/mol. The van der Waals surface area contributed by atoms with Gasteiger partial charge in [-0.3, -0.25) is 9.48 Å². The van der Waals surface area contributed by atoms with Crippen LogP contribution in [0, 0.1) is 5.92 Å². The first-order chi connectivity index (χ1) is 9.06. The number of nitrogen functional groups attached to an aromatic ring is 1. The lowest BCUT2D eigenvalue weighted by atomic mass is 10.1. The minimum absolute atomic E-state index is 0.122. The summed E-state index contributed by atoms with van der Waals surface area (Å²) in [5.74, 6) is 0.464. The standard InChI is InChI=1S/C15H21N3O/c1-4-17-13(10-11(2)3)14(16)15(19)18(17)12-8-6-5-7-9-12/h5-9,11H,4,10,16H2,1-3H3. The van der Waals surface area contributed by atoms with Gasteiger partial charge in [-0.2, -0.15) is 0 Å². The van der Waals surface area contributed by atoms with Gasteiger partial charge in [0, 0.05) is 6.54 Å². The van der Waals surface area contributed by atoms with Crippen LogP contribution in [-0.4, -0.2) is 9.36 Å². The van der Waals surface area contributed by atoms with E-state index >= 15 is 0 Å². The Labute approximate surface area is 113 Å². The number of benzene rings is 1. The van der Waals surface area contributed by atoms with E-state index in [0.29, 0.717) is 11.6 Å². The van der Waals surface area contributed by atoms with Crippen LogP contribution in [0.4, 0.5) is 5.69 Å². The van der Waals surface area contributed by atoms with E-state index in [4.69, 9.17) is 5.73 Å². The quantitative estimate of drug-likeness (QED) is 0.917. The second kappa shape index (κ2) is 5.34. The van der Waals surface area contributed by atoms with E-state index < -0.39 is 0 Å². The Morgan fingerprint density at radius 3 is 2.37 bits per heavy atom. The zero-order valence-corrected chi connectivity index (χ0v) is 11.8. The minimum atomic E-state index is -0.122. The third-order valence-electron chi connectivity index (χ3n) is 3.19. The first kappa shape index (κ1) is 13.5. The average Bonchev–Trinajstić information content (AvgIpc) is 2.63. The molecule has 0 atom stereocenters. The molecule has 0 saturated carbocycles. The number of nitrogens with two attached hydrogens (primary N) is 1. The lowest BCUT2D eigenvalue weighted by Crippen LogP contribution is -2.22. The van der Waals surface area contributed by atoms with Crippen molar-refractivity contribution in [3.63, 3.8) is 0 Å². The normalized spacial score (nSPS) is 11.2. The van der Waals surface area contributed by atoms with E-state index in [1.165, 1.54) is 0 Å². The topological polar surface area (TPSA) is 52.9 Å². The highest BCUT2D eigenvalue weighted by molar-refractivity contribution is 5.45. The predicted octanol–water partition coefficient (Wildman–Crippen LogP) is 2.44. The predicted molar refractivity (Wildman–Crippen MR) is 78.7 cm³/mol. The van der Waals surface area contributed by atoms with Gasteiger partial charge in [-0.15, -0.1) is 0 Å². The summed E-state index contributed by atoms with van der Waals surface area (Å²) in [6.45, 7) is 7.01. The molecule has 2 N–H and O–H groups in total. The van der Waals surface area contributed by atoms with E-state index in [-0.39, 0.29) is 5.56 Å². The SMILES string of the molecule is CCn1c(CC(C)C)c(N)c(=O)n1-c1ccccc1. The maximum absolute atomic E-state index is 12.4. The molecule has 4 heteroatoms. The molecule has 0 aliphatic heterocycles. The van der Waals surface area contributed by atoms with Gasteiger partial charge in [-0.25, -0.2) is 4.68 Å². The second-order valence-corrected chi connectivity index (χ2v) is 5.13. The van der Waals surface area contributed by atoms with E-state index in [0.717, 1.165) is 24.3 Å².